The Morgan fingerprint density at radius 1 is 1.21 bits per heavy atom. The number of carbonyl (C=O) groups is 1. The van der Waals surface area contributed by atoms with Crippen LogP contribution in [0.2, 0.25) is 0 Å². The van der Waals surface area contributed by atoms with Crippen LogP contribution in [0.1, 0.15) is 13.8 Å². The number of likely N-dealkylation sites (N-methyl/N-ethyl adjacent to an activating group) is 1. The van der Waals surface area contributed by atoms with Crippen LogP contribution in [-0.4, -0.2) is 60.8 Å². The molecule has 1 N–H and O–H groups in total. The van der Waals surface area contributed by atoms with Gasteiger partial charge in [0, 0.05) is 31.9 Å². The Labute approximate surface area is 139 Å². The van der Waals surface area contributed by atoms with Crippen molar-refractivity contribution >= 4 is 11.6 Å². The minimum absolute atomic E-state index is 0.176. The molecule has 24 heavy (non-hydrogen) atoms. The van der Waals surface area contributed by atoms with Gasteiger partial charge in [-0.25, -0.2) is 0 Å². The van der Waals surface area contributed by atoms with Gasteiger partial charge in [0.1, 0.15) is 5.75 Å². The van der Waals surface area contributed by atoms with Crippen molar-refractivity contribution in [2.24, 2.45) is 0 Å². The molecule has 134 valence electrons. The minimum Gasteiger partial charge on any atom is -0.406 e. The van der Waals surface area contributed by atoms with E-state index in [4.69, 9.17) is 0 Å². The summed E-state index contributed by atoms with van der Waals surface area (Å²) < 4.78 is 40.1. The number of nitrogens with one attached hydrogen (secondary N) is 1. The maximum atomic E-state index is 12.3. The van der Waals surface area contributed by atoms with Crippen LogP contribution in [0, 0.1) is 0 Å². The lowest BCUT2D eigenvalue weighted by Gasteiger charge is -2.36. The Bertz CT molecular complexity index is 540. The first-order valence-electron chi connectivity index (χ1n) is 7.91. The average Bonchev–Trinajstić information content (AvgIpc) is 2.54. The lowest BCUT2D eigenvalue weighted by molar-refractivity contribution is -0.274. The third-order valence-corrected chi connectivity index (χ3v) is 4.14. The number of halogens is 3. The molecule has 2 rings (SSSR count). The fourth-order valence-corrected chi connectivity index (χ4v) is 2.62. The topological polar surface area (TPSA) is 44.8 Å². The number of piperazine rings is 1. The summed E-state index contributed by atoms with van der Waals surface area (Å²) in [5.41, 5.74) is 0.438. The molecule has 8 heteroatoms. The van der Waals surface area contributed by atoms with E-state index in [0.717, 1.165) is 32.7 Å². The molecule has 5 nitrogen and oxygen atoms in total. The number of rotatable bonds is 5. The molecule has 1 fully saturated rings. The zero-order valence-electron chi connectivity index (χ0n) is 13.8. The number of carbonyl (C=O) groups excluding carboxylic acids is 1. The van der Waals surface area contributed by atoms with Crippen molar-refractivity contribution in [3.05, 3.63) is 24.3 Å². The molecule has 1 atom stereocenters. The highest BCUT2D eigenvalue weighted by molar-refractivity contribution is 5.94. The molecule has 0 radical (unpaired) electrons. The molecule has 0 spiro atoms. The Morgan fingerprint density at radius 3 is 2.29 bits per heavy atom. The number of ether oxygens (including phenoxy) is 1. The van der Waals surface area contributed by atoms with Crippen molar-refractivity contribution in [2.75, 3.05) is 38.0 Å². The summed E-state index contributed by atoms with van der Waals surface area (Å²) in [6.45, 7) is 8.44. The zero-order valence-corrected chi connectivity index (χ0v) is 13.8. The first kappa shape index (κ1) is 18.5. The summed E-state index contributed by atoms with van der Waals surface area (Å²) >= 11 is 0. The highest BCUT2D eigenvalue weighted by atomic mass is 19.4. The molecular weight excluding hydrogens is 323 g/mol. The molecular formula is C16H22F3N3O2. The Morgan fingerprint density at radius 2 is 1.79 bits per heavy atom. The molecule has 1 aromatic rings. The number of nitrogens with zero attached hydrogens (tertiary/aromatic N) is 2. The van der Waals surface area contributed by atoms with E-state index in [1.54, 1.807) is 0 Å². The highest BCUT2D eigenvalue weighted by Gasteiger charge is 2.31. The number of anilines is 1. The monoisotopic (exact) mass is 345 g/mol. The van der Waals surface area contributed by atoms with E-state index in [2.05, 4.69) is 26.8 Å². The van der Waals surface area contributed by atoms with Gasteiger partial charge < -0.3 is 15.0 Å². The van der Waals surface area contributed by atoms with Gasteiger partial charge in [0.15, 0.2) is 0 Å². The lowest BCUT2D eigenvalue weighted by atomic mass is 10.2. The summed E-state index contributed by atoms with van der Waals surface area (Å²) in [7, 11) is 0. The van der Waals surface area contributed by atoms with Crippen molar-refractivity contribution in [3.8, 4) is 5.75 Å². The maximum Gasteiger partial charge on any atom is 0.573 e. The largest absolute Gasteiger partial charge is 0.573 e. The van der Waals surface area contributed by atoms with Crippen molar-refractivity contribution < 1.29 is 22.7 Å². The van der Waals surface area contributed by atoms with Gasteiger partial charge in [-0.1, -0.05) is 6.92 Å². The second kappa shape index (κ2) is 7.85. The predicted octanol–water partition coefficient (Wildman–Crippen LogP) is 2.55. The third-order valence-electron chi connectivity index (χ3n) is 4.14. The molecule has 0 bridgehead atoms. The number of hydrogen-bond donors (Lipinski definition) is 1. The normalized spacial score (nSPS) is 18.2. The minimum atomic E-state index is -4.72. The molecule has 0 unspecified atom stereocenters. The number of benzene rings is 1. The van der Waals surface area contributed by atoms with E-state index in [0.29, 0.717) is 5.69 Å². The van der Waals surface area contributed by atoms with E-state index >= 15 is 0 Å². The molecule has 1 amide bonds. The lowest BCUT2D eigenvalue weighted by Crippen LogP contribution is -2.52. The van der Waals surface area contributed by atoms with E-state index in [9.17, 15) is 18.0 Å². The average molecular weight is 345 g/mol. The summed E-state index contributed by atoms with van der Waals surface area (Å²) in [6, 6.07) is 4.83. The van der Waals surface area contributed by atoms with Crippen LogP contribution in [0.3, 0.4) is 0 Å². The highest BCUT2D eigenvalue weighted by Crippen LogP contribution is 2.24. The fourth-order valence-electron chi connectivity index (χ4n) is 2.62. The summed E-state index contributed by atoms with van der Waals surface area (Å²) in [5.74, 6) is -0.492. The van der Waals surface area contributed by atoms with Crippen LogP contribution in [0.15, 0.2) is 24.3 Å². The molecule has 1 aromatic carbocycles. The van der Waals surface area contributed by atoms with Gasteiger partial charge in [0.05, 0.1) is 6.04 Å². The van der Waals surface area contributed by atoms with Gasteiger partial charge in [-0.3, -0.25) is 9.69 Å². The standard InChI is InChI=1S/C16H22F3N3O2/c1-3-21-8-10-22(11-9-21)12(2)15(23)20-13-4-6-14(7-5-13)24-16(17,18)19/h4-7,12H,3,8-11H2,1-2H3,(H,20,23)/t12-/m1/s1. The molecule has 0 aliphatic carbocycles. The quantitative estimate of drug-likeness (QED) is 0.891. The van der Waals surface area contributed by atoms with Crippen LogP contribution >= 0.6 is 0 Å². The van der Waals surface area contributed by atoms with E-state index in [-0.39, 0.29) is 17.7 Å². The number of amides is 1. The van der Waals surface area contributed by atoms with E-state index in [1.807, 2.05) is 6.92 Å². The van der Waals surface area contributed by atoms with Crippen LogP contribution in [0.5, 0.6) is 5.75 Å². The smallest absolute Gasteiger partial charge is 0.406 e. The second-order valence-corrected chi connectivity index (χ2v) is 5.71. The fraction of sp³-hybridized carbons (Fsp3) is 0.562. The SMILES string of the molecule is CCN1CCN([C@H](C)C(=O)Nc2ccc(OC(F)(F)F)cc2)CC1. The van der Waals surface area contributed by atoms with Gasteiger partial charge >= 0.3 is 6.36 Å². The van der Waals surface area contributed by atoms with Crippen molar-refractivity contribution in [1.29, 1.82) is 0 Å². The van der Waals surface area contributed by atoms with Crippen LogP contribution in [0.25, 0.3) is 0 Å². The van der Waals surface area contributed by atoms with Gasteiger partial charge in [0.25, 0.3) is 0 Å². The van der Waals surface area contributed by atoms with Gasteiger partial charge in [-0.15, -0.1) is 13.2 Å². The molecule has 1 aliphatic rings. The van der Waals surface area contributed by atoms with Crippen LogP contribution in [0.4, 0.5) is 18.9 Å². The van der Waals surface area contributed by atoms with E-state index in [1.165, 1.54) is 24.3 Å². The van der Waals surface area contributed by atoms with Crippen LogP contribution in [-0.2, 0) is 4.79 Å². The third kappa shape index (κ3) is 5.38. The molecule has 0 aromatic heterocycles. The van der Waals surface area contributed by atoms with Gasteiger partial charge in [0.2, 0.25) is 5.91 Å². The van der Waals surface area contributed by atoms with Gasteiger partial charge in [-0.05, 0) is 37.7 Å². The second-order valence-electron chi connectivity index (χ2n) is 5.71. The van der Waals surface area contributed by atoms with Crippen LogP contribution < -0.4 is 10.1 Å². The maximum absolute atomic E-state index is 12.3. The Balaban J connectivity index is 1.87. The molecule has 1 heterocycles. The molecule has 0 saturated carbocycles. The van der Waals surface area contributed by atoms with Crippen molar-refractivity contribution in [1.82, 2.24) is 9.80 Å². The van der Waals surface area contributed by atoms with E-state index < -0.39 is 6.36 Å². The Kier molecular flexibility index (Phi) is 6.06. The summed E-state index contributed by atoms with van der Waals surface area (Å²) in [4.78, 5) is 16.7. The summed E-state index contributed by atoms with van der Waals surface area (Å²) in [5, 5.41) is 2.72. The van der Waals surface area contributed by atoms with Crippen molar-refractivity contribution in [3.63, 3.8) is 0 Å². The molecule has 1 aliphatic heterocycles. The number of hydrogen-bond acceptors (Lipinski definition) is 4. The zero-order chi connectivity index (χ0) is 17.7. The predicted molar refractivity (Wildman–Crippen MR) is 84.9 cm³/mol. The first-order valence-corrected chi connectivity index (χ1v) is 7.91. The molecule has 1 saturated heterocycles. The van der Waals surface area contributed by atoms with Gasteiger partial charge in [-0.2, -0.15) is 0 Å². The number of alkyl halides is 3. The first-order chi connectivity index (χ1) is 11.3. The Hall–Kier alpha value is -1.80. The van der Waals surface area contributed by atoms with Crippen molar-refractivity contribution in [2.45, 2.75) is 26.3 Å². The summed E-state index contributed by atoms with van der Waals surface area (Å²) in [6.07, 6.45) is -4.72.